The Kier molecular flexibility index (Phi) is 3.79. The number of halogens is 5. The number of benzene rings is 2. The van der Waals surface area contributed by atoms with Crippen LogP contribution >= 0.6 is 23.2 Å². The molecule has 2 aromatic carbocycles. The lowest BCUT2D eigenvalue weighted by atomic mass is 10.1. The van der Waals surface area contributed by atoms with Crippen LogP contribution in [0.5, 0.6) is 5.75 Å². The molecule has 0 aliphatic carbocycles. The first kappa shape index (κ1) is 15.2. The third-order valence-electron chi connectivity index (χ3n) is 2.34. The smallest absolute Gasteiger partial charge is 0.376 e. The molecule has 0 aliphatic rings. The summed E-state index contributed by atoms with van der Waals surface area (Å²) in [5, 5.41) is 1.44. The summed E-state index contributed by atoms with van der Waals surface area (Å²) in [5.74, 6) is -0.465. The normalized spacial score (nSPS) is 12.7. The second-order valence-corrected chi connectivity index (χ2v) is 6.11. The molecule has 0 saturated heterocycles. The van der Waals surface area contributed by atoms with Crippen molar-refractivity contribution in [3.8, 4) is 5.75 Å². The minimum atomic E-state index is -5.70. The summed E-state index contributed by atoms with van der Waals surface area (Å²) in [5.41, 5.74) is -5.49. The van der Waals surface area contributed by atoms with Crippen LogP contribution in [0.2, 0.25) is 10.0 Å². The number of fused-ring (bicyclic) bond motifs is 1. The Balaban J connectivity index is 2.45. The van der Waals surface area contributed by atoms with Gasteiger partial charge in [-0.2, -0.15) is 21.6 Å². The van der Waals surface area contributed by atoms with Gasteiger partial charge in [0.15, 0.2) is 0 Å². The molecule has 9 heteroatoms. The third kappa shape index (κ3) is 2.94. The van der Waals surface area contributed by atoms with Crippen LogP contribution in [0.3, 0.4) is 0 Å². The van der Waals surface area contributed by atoms with Crippen molar-refractivity contribution in [2.75, 3.05) is 0 Å². The number of hydrogen-bond donors (Lipinski definition) is 0. The largest absolute Gasteiger partial charge is 0.534 e. The van der Waals surface area contributed by atoms with Gasteiger partial charge in [0.1, 0.15) is 5.75 Å². The van der Waals surface area contributed by atoms with Gasteiger partial charge in [0, 0.05) is 0 Å². The Bertz CT molecular complexity index is 772. The van der Waals surface area contributed by atoms with Crippen LogP contribution in [0, 0.1) is 0 Å². The van der Waals surface area contributed by atoms with Crippen molar-refractivity contribution in [2.45, 2.75) is 5.51 Å². The molecule has 3 nitrogen and oxygen atoms in total. The van der Waals surface area contributed by atoms with Gasteiger partial charge in [-0.3, -0.25) is 0 Å². The van der Waals surface area contributed by atoms with Crippen LogP contribution in [-0.2, 0) is 10.1 Å². The average Bonchev–Trinajstić information content (AvgIpc) is 2.29. The van der Waals surface area contributed by atoms with Crippen molar-refractivity contribution in [1.82, 2.24) is 0 Å². The van der Waals surface area contributed by atoms with Gasteiger partial charge in [0.2, 0.25) is 0 Å². The highest BCUT2D eigenvalue weighted by Gasteiger charge is 2.48. The van der Waals surface area contributed by atoms with Gasteiger partial charge in [0.05, 0.1) is 10.0 Å². The molecule has 0 aromatic heterocycles. The van der Waals surface area contributed by atoms with Crippen LogP contribution in [0.15, 0.2) is 30.3 Å². The lowest BCUT2D eigenvalue weighted by Gasteiger charge is -2.10. The van der Waals surface area contributed by atoms with Gasteiger partial charge < -0.3 is 4.18 Å². The standard InChI is InChI=1S/C11H5Cl2F3O3S/c12-9-4-6-1-2-8(3-7(6)5-10(9)13)19-20(17,18)11(14,15)16/h1-5H. The molecule has 0 amide bonds. The van der Waals surface area contributed by atoms with E-state index in [-0.39, 0.29) is 10.0 Å². The van der Waals surface area contributed by atoms with Crippen LogP contribution in [-0.4, -0.2) is 13.9 Å². The van der Waals surface area contributed by atoms with Gasteiger partial charge in [-0.15, -0.1) is 0 Å². The van der Waals surface area contributed by atoms with Crippen molar-refractivity contribution in [2.24, 2.45) is 0 Å². The molecule has 2 rings (SSSR count). The molecule has 2 aromatic rings. The van der Waals surface area contributed by atoms with Gasteiger partial charge in [-0.1, -0.05) is 29.3 Å². The van der Waals surface area contributed by atoms with E-state index in [1.54, 1.807) is 0 Å². The van der Waals surface area contributed by atoms with Crippen molar-refractivity contribution < 1.29 is 25.8 Å². The van der Waals surface area contributed by atoms with E-state index in [1.165, 1.54) is 18.2 Å². The molecule has 0 bridgehead atoms. The fourth-order valence-electron chi connectivity index (χ4n) is 1.45. The SMILES string of the molecule is O=S(=O)(Oc1ccc2cc(Cl)c(Cl)cc2c1)C(F)(F)F. The minimum absolute atomic E-state index is 0.190. The molecule has 20 heavy (non-hydrogen) atoms. The fourth-order valence-corrected chi connectivity index (χ4v) is 2.24. The summed E-state index contributed by atoms with van der Waals surface area (Å²) in [6.07, 6.45) is 0. The molecule has 0 N–H and O–H groups in total. The molecular weight excluding hydrogens is 340 g/mol. The molecule has 0 saturated carbocycles. The van der Waals surface area contributed by atoms with E-state index in [2.05, 4.69) is 4.18 Å². The number of rotatable bonds is 2. The summed E-state index contributed by atoms with van der Waals surface area (Å²) in [7, 11) is -5.70. The maximum atomic E-state index is 12.2. The van der Waals surface area contributed by atoms with E-state index < -0.39 is 21.4 Å². The predicted octanol–water partition coefficient (Wildman–Crippen LogP) is 4.38. The molecular formula is C11H5Cl2F3O3S. The highest BCUT2D eigenvalue weighted by Crippen LogP contribution is 2.32. The summed E-state index contributed by atoms with van der Waals surface area (Å²) in [4.78, 5) is 0. The van der Waals surface area contributed by atoms with E-state index in [1.807, 2.05) is 0 Å². The van der Waals surface area contributed by atoms with Crippen molar-refractivity contribution in [1.29, 1.82) is 0 Å². The van der Waals surface area contributed by atoms with E-state index in [9.17, 15) is 21.6 Å². The van der Waals surface area contributed by atoms with E-state index in [0.29, 0.717) is 10.8 Å². The Hall–Kier alpha value is -1.18. The quantitative estimate of drug-likeness (QED) is 0.600. The monoisotopic (exact) mass is 344 g/mol. The van der Waals surface area contributed by atoms with E-state index in [4.69, 9.17) is 23.2 Å². The molecule has 0 aliphatic heterocycles. The second-order valence-electron chi connectivity index (χ2n) is 3.76. The number of alkyl halides is 3. The van der Waals surface area contributed by atoms with Crippen LogP contribution in [0.4, 0.5) is 13.2 Å². The fraction of sp³-hybridized carbons (Fsp3) is 0.0909. The first-order valence-electron chi connectivity index (χ1n) is 5.00. The first-order valence-corrected chi connectivity index (χ1v) is 7.16. The van der Waals surface area contributed by atoms with E-state index in [0.717, 1.165) is 12.1 Å². The van der Waals surface area contributed by atoms with Crippen molar-refractivity contribution in [3.63, 3.8) is 0 Å². The zero-order valence-electron chi connectivity index (χ0n) is 9.41. The molecule has 0 heterocycles. The lowest BCUT2D eigenvalue weighted by molar-refractivity contribution is -0.0500. The average molecular weight is 345 g/mol. The zero-order valence-corrected chi connectivity index (χ0v) is 11.7. The van der Waals surface area contributed by atoms with Gasteiger partial charge >= 0.3 is 15.6 Å². The Morgan fingerprint density at radius 3 is 2.05 bits per heavy atom. The number of hydrogen-bond acceptors (Lipinski definition) is 3. The highest BCUT2D eigenvalue weighted by atomic mass is 35.5. The summed E-state index contributed by atoms with van der Waals surface area (Å²) >= 11 is 11.6. The molecule has 0 unspecified atom stereocenters. The molecule has 0 radical (unpaired) electrons. The summed E-state index contributed by atoms with van der Waals surface area (Å²) in [6, 6.07) is 6.49. The summed E-state index contributed by atoms with van der Waals surface area (Å²) in [6.45, 7) is 0. The summed E-state index contributed by atoms with van der Waals surface area (Å²) < 4.78 is 62.4. The maximum absolute atomic E-state index is 12.2. The molecule has 0 fully saturated rings. The zero-order chi connectivity index (χ0) is 15.1. The van der Waals surface area contributed by atoms with E-state index >= 15 is 0 Å². The minimum Gasteiger partial charge on any atom is -0.376 e. The van der Waals surface area contributed by atoms with Gasteiger partial charge in [0.25, 0.3) is 0 Å². The molecule has 0 spiro atoms. The van der Waals surface area contributed by atoms with Crippen LogP contribution < -0.4 is 4.18 Å². The predicted molar refractivity (Wildman–Crippen MR) is 69.6 cm³/mol. The second kappa shape index (κ2) is 4.98. The Morgan fingerprint density at radius 1 is 0.950 bits per heavy atom. The first-order chi connectivity index (χ1) is 9.10. The van der Waals surface area contributed by atoms with Gasteiger partial charge in [-0.25, -0.2) is 0 Å². The Morgan fingerprint density at radius 2 is 1.50 bits per heavy atom. The Labute approximate surface area is 122 Å². The lowest BCUT2D eigenvalue weighted by Crippen LogP contribution is -2.28. The topological polar surface area (TPSA) is 43.4 Å². The van der Waals surface area contributed by atoms with Crippen LogP contribution in [0.1, 0.15) is 0 Å². The van der Waals surface area contributed by atoms with Crippen LogP contribution in [0.25, 0.3) is 10.8 Å². The highest BCUT2D eigenvalue weighted by molar-refractivity contribution is 7.88. The van der Waals surface area contributed by atoms with Gasteiger partial charge in [-0.05, 0) is 35.0 Å². The maximum Gasteiger partial charge on any atom is 0.534 e. The molecule has 108 valence electrons. The third-order valence-corrected chi connectivity index (χ3v) is 4.04. The van der Waals surface area contributed by atoms with Crippen molar-refractivity contribution in [3.05, 3.63) is 40.4 Å². The van der Waals surface area contributed by atoms with Crippen molar-refractivity contribution >= 4 is 44.1 Å². The molecule has 0 atom stereocenters.